The number of anilines is 1. The van der Waals surface area contributed by atoms with Gasteiger partial charge in [0, 0.05) is 35.7 Å². The SMILES string of the molecule is Cc1ccc(N2C(=O)CC(c3ccc4c(c3)OCO4)C3=C2CCCC3=O)cc1. The first kappa shape index (κ1) is 17.0. The van der Waals surface area contributed by atoms with E-state index in [4.69, 9.17) is 9.47 Å². The van der Waals surface area contributed by atoms with Gasteiger partial charge in [0.15, 0.2) is 17.3 Å². The lowest BCUT2D eigenvalue weighted by Gasteiger charge is -2.38. The van der Waals surface area contributed by atoms with Gasteiger partial charge in [-0.05, 0) is 49.6 Å². The van der Waals surface area contributed by atoms with Crippen LogP contribution in [-0.2, 0) is 9.59 Å². The van der Waals surface area contributed by atoms with E-state index in [1.165, 1.54) is 0 Å². The van der Waals surface area contributed by atoms with Gasteiger partial charge in [0.2, 0.25) is 12.7 Å². The molecule has 0 spiro atoms. The van der Waals surface area contributed by atoms with Crippen LogP contribution >= 0.6 is 0 Å². The molecule has 3 aliphatic rings. The molecule has 0 radical (unpaired) electrons. The maximum atomic E-state index is 13.2. The number of carbonyl (C=O) groups excluding carboxylic acids is 2. The van der Waals surface area contributed by atoms with Crippen LogP contribution in [0.5, 0.6) is 11.5 Å². The van der Waals surface area contributed by atoms with Crippen molar-refractivity contribution < 1.29 is 19.1 Å². The topological polar surface area (TPSA) is 55.8 Å². The van der Waals surface area contributed by atoms with Crippen LogP contribution < -0.4 is 14.4 Å². The summed E-state index contributed by atoms with van der Waals surface area (Å²) in [6.45, 7) is 2.22. The number of ketones is 1. The summed E-state index contributed by atoms with van der Waals surface area (Å²) in [5.41, 5.74) is 4.55. The largest absolute Gasteiger partial charge is 0.454 e. The van der Waals surface area contributed by atoms with Crippen LogP contribution in [0.1, 0.15) is 42.7 Å². The van der Waals surface area contributed by atoms with E-state index in [0.29, 0.717) is 17.9 Å². The summed E-state index contributed by atoms with van der Waals surface area (Å²) in [6.07, 6.45) is 2.33. The van der Waals surface area contributed by atoms with E-state index in [-0.39, 0.29) is 30.8 Å². The van der Waals surface area contributed by atoms with Crippen LogP contribution in [0.4, 0.5) is 5.69 Å². The summed E-state index contributed by atoms with van der Waals surface area (Å²) in [7, 11) is 0. The normalized spacial score (nSPS) is 21.2. The van der Waals surface area contributed by atoms with Crippen molar-refractivity contribution in [1.29, 1.82) is 0 Å². The molecule has 5 heteroatoms. The number of carbonyl (C=O) groups is 2. The zero-order valence-corrected chi connectivity index (χ0v) is 15.7. The number of Topliss-reactive ketones (excluding diaryl/α,β-unsaturated/α-hetero) is 1. The van der Waals surface area contributed by atoms with Crippen molar-refractivity contribution in [2.75, 3.05) is 11.7 Å². The molecular weight excluding hydrogens is 354 g/mol. The minimum Gasteiger partial charge on any atom is -0.454 e. The van der Waals surface area contributed by atoms with Crippen LogP contribution in [0.3, 0.4) is 0 Å². The van der Waals surface area contributed by atoms with E-state index in [1.54, 1.807) is 4.90 Å². The van der Waals surface area contributed by atoms with E-state index >= 15 is 0 Å². The second kappa shape index (κ2) is 6.51. The molecule has 0 aromatic heterocycles. The highest BCUT2D eigenvalue weighted by atomic mass is 16.7. The van der Waals surface area contributed by atoms with Crippen LogP contribution in [-0.4, -0.2) is 18.5 Å². The number of benzene rings is 2. The number of fused-ring (bicyclic) bond motifs is 1. The predicted octanol–water partition coefficient (Wildman–Crippen LogP) is 4.25. The average Bonchev–Trinajstić information content (AvgIpc) is 3.16. The first-order chi connectivity index (χ1) is 13.6. The molecule has 0 fully saturated rings. The summed E-state index contributed by atoms with van der Waals surface area (Å²) in [6, 6.07) is 13.6. The first-order valence-corrected chi connectivity index (χ1v) is 9.67. The molecule has 28 heavy (non-hydrogen) atoms. The van der Waals surface area contributed by atoms with Gasteiger partial charge in [-0.2, -0.15) is 0 Å². The number of amides is 1. The Labute approximate surface area is 163 Å². The molecule has 1 atom stereocenters. The summed E-state index contributed by atoms with van der Waals surface area (Å²) in [5, 5.41) is 0. The molecule has 1 unspecified atom stereocenters. The van der Waals surface area contributed by atoms with Crippen LogP contribution in [0.15, 0.2) is 53.7 Å². The Kier molecular flexibility index (Phi) is 3.97. The number of ether oxygens (including phenoxy) is 2. The second-order valence-electron chi connectivity index (χ2n) is 7.57. The number of hydrogen-bond donors (Lipinski definition) is 0. The van der Waals surface area contributed by atoms with Crippen molar-refractivity contribution in [3.63, 3.8) is 0 Å². The smallest absolute Gasteiger partial charge is 0.232 e. The molecule has 5 nitrogen and oxygen atoms in total. The van der Waals surface area contributed by atoms with Crippen molar-refractivity contribution in [3.8, 4) is 11.5 Å². The van der Waals surface area contributed by atoms with Gasteiger partial charge >= 0.3 is 0 Å². The maximum absolute atomic E-state index is 13.2. The molecule has 2 aliphatic heterocycles. The number of rotatable bonds is 2. The fraction of sp³-hybridized carbons (Fsp3) is 0.304. The number of hydrogen-bond acceptors (Lipinski definition) is 4. The van der Waals surface area contributed by atoms with Gasteiger partial charge in [-0.15, -0.1) is 0 Å². The third kappa shape index (κ3) is 2.70. The van der Waals surface area contributed by atoms with Crippen LogP contribution in [0.2, 0.25) is 0 Å². The number of aryl methyl sites for hydroxylation is 1. The molecule has 2 heterocycles. The van der Waals surface area contributed by atoms with E-state index in [2.05, 4.69) is 0 Å². The maximum Gasteiger partial charge on any atom is 0.232 e. The van der Waals surface area contributed by atoms with Gasteiger partial charge in [0.1, 0.15) is 0 Å². The lowest BCUT2D eigenvalue weighted by molar-refractivity contribution is -0.119. The zero-order chi connectivity index (χ0) is 19.3. The third-order valence-corrected chi connectivity index (χ3v) is 5.77. The van der Waals surface area contributed by atoms with Gasteiger partial charge in [-0.25, -0.2) is 0 Å². The van der Waals surface area contributed by atoms with Crippen molar-refractivity contribution >= 4 is 17.4 Å². The lowest BCUT2D eigenvalue weighted by atomic mass is 9.77. The Hall–Kier alpha value is -3.08. The monoisotopic (exact) mass is 375 g/mol. The minimum absolute atomic E-state index is 0.0277. The third-order valence-electron chi connectivity index (χ3n) is 5.77. The Morgan fingerprint density at radius 3 is 2.57 bits per heavy atom. The van der Waals surface area contributed by atoms with Crippen molar-refractivity contribution in [3.05, 3.63) is 64.9 Å². The summed E-state index contributed by atoms with van der Waals surface area (Å²) < 4.78 is 10.9. The standard InChI is InChI=1S/C23H21NO4/c1-14-5-8-16(9-6-14)24-18-3-2-4-19(25)23(18)17(12-22(24)26)15-7-10-20-21(11-15)28-13-27-20/h5-11,17H,2-4,12-13H2,1H3. The number of nitrogens with zero attached hydrogens (tertiary/aromatic N) is 1. The molecule has 2 aromatic carbocycles. The van der Waals surface area contributed by atoms with E-state index < -0.39 is 0 Å². The van der Waals surface area contributed by atoms with Gasteiger partial charge in [0.25, 0.3) is 0 Å². The molecule has 0 bridgehead atoms. The van der Waals surface area contributed by atoms with Gasteiger partial charge < -0.3 is 9.47 Å². The Morgan fingerprint density at radius 2 is 1.75 bits per heavy atom. The minimum atomic E-state index is -0.230. The number of allylic oxidation sites excluding steroid dienone is 2. The van der Waals surface area contributed by atoms with Crippen LogP contribution in [0.25, 0.3) is 0 Å². The quantitative estimate of drug-likeness (QED) is 0.787. The molecule has 5 rings (SSSR count). The fourth-order valence-electron chi connectivity index (χ4n) is 4.40. The zero-order valence-electron chi connectivity index (χ0n) is 15.7. The molecule has 0 N–H and O–H groups in total. The lowest BCUT2D eigenvalue weighted by Crippen LogP contribution is -2.40. The molecule has 0 saturated heterocycles. The van der Waals surface area contributed by atoms with Gasteiger partial charge in [0.05, 0.1) is 0 Å². The van der Waals surface area contributed by atoms with E-state index in [1.807, 2.05) is 49.4 Å². The van der Waals surface area contributed by atoms with E-state index in [0.717, 1.165) is 40.9 Å². The molecular formula is C23H21NO4. The molecule has 1 aliphatic carbocycles. The second-order valence-corrected chi connectivity index (χ2v) is 7.57. The van der Waals surface area contributed by atoms with Crippen LogP contribution in [0, 0.1) is 6.92 Å². The molecule has 1 amide bonds. The summed E-state index contributed by atoms with van der Waals surface area (Å²) in [4.78, 5) is 27.9. The Morgan fingerprint density at radius 1 is 0.964 bits per heavy atom. The van der Waals surface area contributed by atoms with Gasteiger partial charge in [-0.1, -0.05) is 23.8 Å². The Balaban J connectivity index is 1.62. The molecule has 0 saturated carbocycles. The van der Waals surface area contributed by atoms with E-state index in [9.17, 15) is 9.59 Å². The highest BCUT2D eigenvalue weighted by Crippen LogP contribution is 2.45. The summed E-state index contributed by atoms with van der Waals surface area (Å²) >= 11 is 0. The Bertz CT molecular complexity index is 1010. The average molecular weight is 375 g/mol. The predicted molar refractivity (Wildman–Crippen MR) is 104 cm³/mol. The molecule has 2 aromatic rings. The highest BCUT2D eigenvalue weighted by molar-refractivity contribution is 6.07. The van der Waals surface area contributed by atoms with Crippen molar-refractivity contribution in [1.82, 2.24) is 0 Å². The van der Waals surface area contributed by atoms with Crippen molar-refractivity contribution in [2.45, 2.75) is 38.5 Å². The van der Waals surface area contributed by atoms with Gasteiger partial charge in [-0.3, -0.25) is 14.5 Å². The van der Waals surface area contributed by atoms with Crippen molar-refractivity contribution in [2.24, 2.45) is 0 Å². The highest BCUT2D eigenvalue weighted by Gasteiger charge is 2.40. The fourth-order valence-corrected chi connectivity index (χ4v) is 4.40. The first-order valence-electron chi connectivity index (χ1n) is 9.67. The summed E-state index contributed by atoms with van der Waals surface area (Å²) in [5.74, 6) is 1.33. The molecule has 142 valence electrons.